The van der Waals surface area contributed by atoms with Gasteiger partial charge < -0.3 is 19.5 Å². The van der Waals surface area contributed by atoms with E-state index in [0.717, 1.165) is 12.0 Å². The maximum absolute atomic E-state index is 11.9. The molecule has 1 aliphatic carbocycles. The maximum atomic E-state index is 11.9. The summed E-state index contributed by atoms with van der Waals surface area (Å²) in [6, 6.07) is 7.29. The molecule has 138 valence electrons. The number of benzene rings is 1. The van der Waals surface area contributed by atoms with Crippen LogP contribution in [0, 0.1) is 5.92 Å². The molecule has 0 spiro atoms. The predicted molar refractivity (Wildman–Crippen MR) is 93.8 cm³/mol. The van der Waals surface area contributed by atoms with E-state index in [1.54, 1.807) is 32.9 Å². The molecule has 6 nitrogen and oxygen atoms in total. The second-order valence-electron chi connectivity index (χ2n) is 7.69. The quantitative estimate of drug-likeness (QED) is 0.636. The predicted octanol–water partition coefficient (Wildman–Crippen LogP) is 4.24. The molecule has 0 heterocycles. The Kier molecular flexibility index (Phi) is 5.93. The lowest BCUT2D eigenvalue weighted by molar-refractivity contribution is 0.0204. The van der Waals surface area contributed by atoms with Crippen LogP contribution in [0.4, 0.5) is 9.59 Å². The van der Waals surface area contributed by atoms with Gasteiger partial charge in [-0.2, -0.15) is 0 Å². The van der Waals surface area contributed by atoms with Gasteiger partial charge in [-0.15, -0.1) is 0 Å². The molecule has 2 atom stereocenters. The van der Waals surface area contributed by atoms with Crippen LogP contribution in [0.25, 0.3) is 0 Å². The highest BCUT2D eigenvalue weighted by Gasteiger charge is 2.42. The number of hydrogen-bond donors (Lipinski definition) is 1. The standard InChI is InChI=1S/C19H27NO5/c1-12(2)11-23-17(21)20-15-10-14(15)13-8-6-7-9-16(13)24-18(22)25-19(3,4)5/h6-9,12,14-15H,10-11H2,1-5H3,(H,20,21). The third kappa shape index (κ3) is 6.29. The normalized spacial score (nSPS) is 19.3. The number of amides is 1. The van der Waals surface area contributed by atoms with Crippen molar-refractivity contribution in [2.75, 3.05) is 6.61 Å². The smallest absolute Gasteiger partial charge is 0.449 e. The Balaban J connectivity index is 1.93. The summed E-state index contributed by atoms with van der Waals surface area (Å²) in [5, 5.41) is 2.84. The monoisotopic (exact) mass is 349 g/mol. The van der Waals surface area contributed by atoms with Crippen molar-refractivity contribution in [2.45, 2.75) is 58.6 Å². The lowest BCUT2D eigenvalue weighted by Crippen LogP contribution is -2.28. The van der Waals surface area contributed by atoms with Crippen molar-refractivity contribution in [2.24, 2.45) is 5.92 Å². The summed E-state index contributed by atoms with van der Waals surface area (Å²) < 4.78 is 15.7. The van der Waals surface area contributed by atoms with Crippen molar-refractivity contribution in [1.82, 2.24) is 5.32 Å². The summed E-state index contributed by atoms with van der Waals surface area (Å²) in [5.74, 6) is 0.857. The van der Waals surface area contributed by atoms with Gasteiger partial charge in [0, 0.05) is 17.5 Å². The Morgan fingerprint density at radius 3 is 2.56 bits per heavy atom. The van der Waals surface area contributed by atoms with E-state index in [2.05, 4.69) is 5.32 Å². The highest BCUT2D eigenvalue weighted by molar-refractivity contribution is 5.69. The van der Waals surface area contributed by atoms with Gasteiger partial charge in [-0.1, -0.05) is 32.0 Å². The van der Waals surface area contributed by atoms with Crippen LogP contribution in [0.15, 0.2) is 24.3 Å². The largest absolute Gasteiger partial charge is 0.514 e. The lowest BCUT2D eigenvalue weighted by atomic mass is 10.1. The average molecular weight is 349 g/mol. The summed E-state index contributed by atoms with van der Waals surface area (Å²) in [4.78, 5) is 23.7. The molecule has 25 heavy (non-hydrogen) atoms. The molecule has 0 saturated heterocycles. The van der Waals surface area contributed by atoms with E-state index in [0.29, 0.717) is 18.3 Å². The van der Waals surface area contributed by atoms with Gasteiger partial charge in [0.2, 0.25) is 0 Å². The highest BCUT2D eigenvalue weighted by Crippen LogP contribution is 2.44. The maximum Gasteiger partial charge on any atom is 0.514 e. The number of carbonyl (C=O) groups is 2. The van der Waals surface area contributed by atoms with Crippen LogP contribution in [0.1, 0.15) is 52.5 Å². The molecule has 1 fully saturated rings. The molecule has 1 aromatic carbocycles. The van der Waals surface area contributed by atoms with Gasteiger partial charge in [-0.25, -0.2) is 9.59 Å². The van der Waals surface area contributed by atoms with Gasteiger partial charge in [-0.3, -0.25) is 0 Å². The summed E-state index contributed by atoms with van der Waals surface area (Å²) in [6.07, 6.45) is -0.362. The minimum atomic E-state index is -0.735. The number of ether oxygens (including phenoxy) is 3. The van der Waals surface area contributed by atoms with Crippen LogP contribution in [0.3, 0.4) is 0 Å². The van der Waals surface area contributed by atoms with Crippen molar-refractivity contribution in [3.8, 4) is 5.75 Å². The van der Waals surface area contributed by atoms with Crippen LogP contribution in [0.2, 0.25) is 0 Å². The number of rotatable bonds is 5. The minimum absolute atomic E-state index is 0.0111. The van der Waals surface area contributed by atoms with Gasteiger partial charge in [0.1, 0.15) is 11.4 Å². The minimum Gasteiger partial charge on any atom is -0.449 e. The second kappa shape index (κ2) is 7.76. The van der Waals surface area contributed by atoms with E-state index in [9.17, 15) is 9.59 Å². The number of alkyl carbamates (subject to hydrolysis) is 1. The number of nitrogens with one attached hydrogen (secondary N) is 1. The van der Waals surface area contributed by atoms with E-state index in [1.807, 2.05) is 26.0 Å². The van der Waals surface area contributed by atoms with E-state index in [-0.39, 0.29) is 12.0 Å². The lowest BCUT2D eigenvalue weighted by Gasteiger charge is -2.19. The zero-order chi connectivity index (χ0) is 18.6. The molecule has 1 N–H and O–H groups in total. The molecule has 2 unspecified atom stereocenters. The summed E-state index contributed by atoms with van der Waals surface area (Å²) in [6.45, 7) is 9.70. The van der Waals surface area contributed by atoms with Gasteiger partial charge in [0.05, 0.1) is 6.61 Å². The first-order chi connectivity index (χ1) is 11.7. The first-order valence-electron chi connectivity index (χ1n) is 8.59. The fourth-order valence-electron chi connectivity index (χ4n) is 2.37. The van der Waals surface area contributed by atoms with E-state index < -0.39 is 17.8 Å². The SMILES string of the molecule is CC(C)COC(=O)NC1CC1c1ccccc1OC(=O)OC(C)(C)C. The number of para-hydroxylation sites is 1. The summed E-state index contributed by atoms with van der Waals surface area (Å²) in [5.41, 5.74) is 0.262. The Hall–Kier alpha value is -2.24. The molecule has 0 aliphatic heterocycles. The highest BCUT2D eigenvalue weighted by atomic mass is 16.7. The van der Waals surface area contributed by atoms with Crippen LogP contribution in [0.5, 0.6) is 5.75 Å². The third-order valence-electron chi connectivity index (χ3n) is 3.54. The fraction of sp³-hybridized carbons (Fsp3) is 0.579. The summed E-state index contributed by atoms with van der Waals surface area (Å²) in [7, 11) is 0. The van der Waals surface area contributed by atoms with E-state index in [1.165, 1.54) is 0 Å². The molecule has 2 rings (SSSR count). The topological polar surface area (TPSA) is 73.9 Å². The third-order valence-corrected chi connectivity index (χ3v) is 3.54. The van der Waals surface area contributed by atoms with Gasteiger partial charge in [-0.05, 0) is 39.2 Å². The second-order valence-corrected chi connectivity index (χ2v) is 7.69. The molecular formula is C19H27NO5. The number of hydrogen-bond acceptors (Lipinski definition) is 5. The molecule has 0 aromatic heterocycles. The van der Waals surface area contributed by atoms with Gasteiger partial charge >= 0.3 is 12.2 Å². The van der Waals surface area contributed by atoms with Crippen molar-refractivity contribution in [3.05, 3.63) is 29.8 Å². The van der Waals surface area contributed by atoms with Crippen LogP contribution in [-0.4, -0.2) is 30.5 Å². The van der Waals surface area contributed by atoms with Gasteiger partial charge in [0.15, 0.2) is 0 Å². The number of carbonyl (C=O) groups excluding carboxylic acids is 2. The van der Waals surface area contributed by atoms with Crippen molar-refractivity contribution >= 4 is 12.2 Å². The molecule has 0 radical (unpaired) electrons. The van der Waals surface area contributed by atoms with Crippen LogP contribution in [-0.2, 0) is 9.47 Å². The fourth-order valence-corrected chi connectivity index (χ4v) is 2.37. The Bertz CT molecular complexity index is 620. The Labute approximate surface area is 148 Å². The average Bonchev–Trinajstić information content (AvgIpc) is 3.22. The van der Waals surface area contributed by atoms with Crippen molar-refractivity contribution in [1.29, 1.82) is 0 Å². The van der Waals surface area contributed by atoms with Crippen molar-refractivity contribution in [3.63, 3.8) is 0 Å². The molecule has 1 aromatic rings. The van der Waals surface area contributed by atoms with Crippen molar-refractivity contribution < 1.29 is 23.8 Å². The van der Waals surface area contributed by atoms with E-state index >= 15 is 0 Å². The van der Waals surface area contributed by atoms with E-state index in [4.69, 9.17) is 14.2 Å². The Morgan fingerprint density at radius 1 is 1.24 bits per heavy atom. The molecule has 1 aliphatic rings. The molecule has 1 saturated carbocycles. The zero-order valence-electron chi connectivity index (χ0n) is 15.5. The molecule has 0 bridgehead atoms. The van der Waals surface area contributed by atoms with Crippen LogP contribution < -0.4 is 10.1 Å². The molecule has 1 amide bonds. The van der Waals surface area contributed by atoms with Gasteiger partial charge in [0.25, 0.3) is 0 Å². The molecular weight excluding hydrogens is 322 g/mol. The first-order valence-corrected chi connectivity index (χ1v) is 8.59. The first kappa shape index (κ1) is 19.1. The Morgan fingerprint density at radius 2 is 1.92 bits per heavy atom. The van der Waals surface area contributed by atoms with Crippen LogP contribution >= 0.6 is 0 Å². The molecule has 6 heteroatoms. The summed E-state index contributed by atoms with van der Waals surface area (Å²) >= 11 is 0. The zero-order valence-corrected chi connectivity index (χ0v) is 15.5.